The van der Waals surface area contributed by atoms with Crippen molar-refractivity contribution in [3.8, 4) is 0 Å². The number of hydrogen-bond acceptors (Lipinski definition) is 2. The minimum atomic E-state index is 0. The van der Waals surface area contributed by atoms with Crippen LogP contribution in [0.25, 0.3) is 0 Å². The largest absolute Gasteiger partial charge is 0.385 e. The van der Waals surface area contributed by atoms with Gasteiger partial charge < -0.3 is 10.1 Å². The Labute approximate surface area is 111 Å². The first kappa shape index (κ1) is 16.4. The minimum Gasteiger partial charge on any atom is -0.385 e. The van der Waals surface area contributed by atoms with Gasteiger partial charge in [-0.2, -0.15) is 0 Å². The average molecular weight is 258 g/mol. The summed E-state index contributed by atoms with van der Waals surface area (Å²) in [4.78, 5) is 0. The number of halogens is 1. The van der Waals surface area contributed by atoms with E-state index in [0.717, 1.165) is 26.0 Å². The van der Waals surface area contributed by atoms with Gasteiger partial charge in [-0.3, -0.25) is 0 Å². The summed E-state index contributed by atoms with van der Waals surface area (Å²) in [7, 11) is 1.75. The second-order valence-corrected chi connectivity index (χ2v) is 4.23. The van der Waals surface area contributed by atoms with Crippen molar-refractivity contribution in [2.45, 2.75) is 32.2 Å². The second-order valence-electron chi connectivity index (χ2n) is 4.23. The van der Waals surface area contributed by atoms with Crippen LogP contribution in [0.1, 0.15) is 25.3 Å². The van der Waals surface area contributed by atoms with Crippen LogP contribution >= 0.6 is 12.4 Å². The number of rotatable bonds is 8. The highest BCUT2D eigenvalue weighted by atomic mass is 35.5. The summed E-state index contributed by atoms with van der Waals surface area (Å²) < 4.78 is 5.01. The number of ether oxygens (including phenoxy) is 1. The average Bonchev–Trinajstić information content (AvgIpc) is 2.33. The summed E-state index contributed by atoms with van der Waals surface area (Å²) in [5.74, 6) is 0. The molecule has 0 aliphatic rings. The van der Waals surface area contributed by atoms with Crippen LogP contribution in [-0.2, 0) is 11.2 Å². The fourth-order valence-electron chi connectivity index (χ4n) is 1.69. The van der Waals surface area contributed by atoms with Crippen LogP contribution in [0.4, 0.5) is 0 Å². The van der Waals surface area contributed by atoms with Crippen molar-refractivity contribution in [3.05, 3.63) is 35.9 Å². The molecule has 0 amide bonds. The van der Waals surface area contributed by atoms with Crippen LogP contribution in [0.15, 0.2) is 30.3 Å². The van der Waals surface area contributed by atoms with Gasteiger partial charge in [0.05, 0.1) is 0 Å². The molecule has 0 spiro atoms. The molecule has 0 aromatic heterocycles. The van der Waals surface area contributed by atoms with E-state index < -0.39 is 0 Å². The van der Waals surface area contributed by atoms with Gasteiger partial charge in [-0.05, 0) is 38.3 Å². The van der Waals surface area contributed by atoms with E-state index in [4.69, 9.17) is 4.74 Å². The van der Waals surface area contributed by atoms with Gasteiger partial charge in [0.25, 0.3) is 0 Å². The Morgan fingerprint density at radius 2 is 1.94 bits per heavy atom. The van der Waals surface area contributed by atoms with Gasteiger partial charge in [-0.25, -0.2) is 0 Å². The topological polar surface area (TPSA) is 21.3 Å². The van der Waals surface area contributed by atoms with Crippen LogP contribution in [-0.4, -0.2) is 26.3 Å². The van der Waals surface area contributed by atoms with E-state index in [2.05, 4.69) is 42.6 Å². The lowest BCUT2D eigenvalue weighted by molar-refractivity contribution is 0.193. The van der Waals surface area contributed by atoms with E-state index in [0.29, 0.717) is 6.04 Å². The molecule has 1 N–H and O–H groups in total. The van der Waals surface area contributed by atoms with Gasteiger partial charge in [0.1, 0.15) is 0 Å². The lowest BCUT2D eigenvalue weighted by Gasteiger charge is -2.13. The molecule has 1 aromatic rings. The van der Waals surface area contributed by atoms with E-state index in [1.165, 1.54) is 12.0 Å². The van der Waals surface area contributed by atoms with E-state index in [1.807, 2.05) is 0 Å². The molecule has 98 valence electrons. The highest BCUT2D eigenvalue weighted by Crippen LogP contribution is 2.04. The highest BCUT2D eigenvalue weighted by molar-refractivity contribution is 5.85. The first-order valence-corrected chi connectivity index (χ1v) is 6.09. The molecule has 1 rings (SSSR count). The summed E-state index contributed by atoms with van der Waals surface area (Å²) in [5, 5.41) is 3.51. The molecule has 2 nitrogen and oxygen atoms in total. The predicted octanol–water partition coefficient (Wildman–Crippen LogP) is 3.06. The first-order chi connectivity index (χ1) is 7.83. The quantitative estimate of drug-likeness (QED) is 0.723. The summed E-state index contributed by atoms with van der Waals surface area (Å²) in [5.41, 5.74) is 1.42. The van der Waals surface area contributed by atoms with Gasteiger partial charge in [0.15, 0.2) is 0 Å². The number of aryl methyl sites for hydroxylation is 1. The normalized spacial score (nSPS) is 11.9. The number of nitrogens with one attached hydrogen (secondary N) is 1. The summed E-state index contributed by atoms with van der Waals surface area (Å²) in [6.07, 6.45) is 3.43. The van der Waals surface area contributed by atoms with Gasteiger partial charge >= 0.3 is 0 Å². The fraction of sp³-hybridized carbons (Fsp3) is 0.571. The SMILES string of the molecule is COCCCNC(C)CCc1ccccc1.Cl. The Bertz CT molecular complexity index is 266. The van der Waals surface area contributed by atoms with Crippen molar-refractivity contribution in [2.75, 3.05) is 20.3 Å². The second kappa shape index (κ2) is 10.6. The Kier molecular flexibility index (Phi) is 10.2. The van der Waals surface area contributed by atoms with Crippen molar-refractivity contribution < 1.29 is 4.74 Å². The molecular weight excluding hydrogens is 234 g/mol. The molecular formula is C14H24ClNO. The van der Waals surface area contributed by atoms with Crippen molar-refractivity contribution in [1.82, 2.24) is 5.32 Å². The fourth-order valence-corrected chi connectivity index (χ4v) is 1.69. The van der Waals surface area contributed by atoms with Crippen LogP contribution in [0.3, 0.4) is 0 Å². The molecule has 0 saturated carbocycles. The minimum absolute atomic E-state index is 0. The van der Waals surface area contributed by atoms with Crippen molar-refractivity contribution >= 4 is 12.4 Å². The van der Waals surface area contributed by atoms with Crippen LogP contribution in [0.5, 0.6) is 0 Å². The number of benzene rings is 1. The molecule has 1 unspecified atom stereocenters. The van der Waals surface area contributed by atoms with Gasteiger partial charge in [-0.15, -0.1) is 12.4 Å². The summed E-state index contributed by atoms with van der Waals surface area (Å²) in [6, 6.07) is 11.2. The molecule has 1 aromatic carbocycles. The smallest absolute Gasteiger partial charge is 0.0474 e. The molecule has 3 heteroatoms. The van der Waals surface area contributed by atoms with Crippen molar-refractivity contribution in [3.63, 3.8) is 0 Å². The number of methoxy groups -OCH3 is 1. The Morgan fingerprint density at radius 3 is 2.59 bits per heavy atom. The van der Waals surface area contributed by atoms with Crippen molar-refractivity contribution in [1.29, 1.82) is 0 Å². The molecule has 0 aliphatic carbocycles. The third-order valence-corrected chi connectivity index (χ3v) is 2.73. The van der Waals surface area contributed by atoms with E-state index in [9.17, 15) is 0 Å². The highest BCUT2D eigenvalue weighted by Gasteiger charge is 2.01. The first-order valence-electron chi connectivity index (χ1n) is 6.09. The van der Waals surface area contributed by atoms with Gasteiger partial charge in [-0.1, -0.05) is 30.3 Å². The molecule has 17 heavy (non-hydrogen) atoms. The molecule has 1 atom stereocenters. The van der Waals surface area contributed by atoms with Gasteiger partial charge in [0, 0.05) is 19.8 Å². The number of hydrogen-bond donors (Lipinski definition) is 1. The van der Waals surface area contributed by atoms with E-state index in [1.54, 1.807) is 7.11 Å². The molecule has 0 radical (unpaired) electrons. The molecule has 0 bridgehead atoms. The molecule has 0 fully saturated rings. The third-order valence-electron chi connectivity index (χ3n) is 2.73. The molecule has 0 saturated heterocycles. The van der Waals surface area contributed by atoms with Crippen LogP contribution < -0.4 is 5.32 Å². The zero-order valence-electron chi connectivity index (χ0n) is 10.8. The third kappa shape index (κ3) is 8.19. The van der Waals surface area contributed by atoms with E-state index >= 15 is 0 Å². The monoisotopic (exact) mass is 257 g/mol. The zero-order valence-corrected chi connectivity index (χ0v) is 11.6. The Hall–Kier alpha value is -0.570. The standard InChI is InChI=1S/C14H23NO.ClH/c1-13(15-11-6-12-16-2)9-10-14-7-4-3-5-8-14;/h3-5,7-8,13,15H,6,9-12H2,1-2H3;1H. The summed E-state index contributed by atoms with van der Waals surface area (Å²) in [6.45, 7) is 4.14. The maximum Gasteiger partial charge on any atom is 0.0474 e. The Balaban J connectivity index is 0.00000256. The zero-order chi connectivity index (χ0) is 11.6. The Morgan fingerprint density at radius 1 is 1.24 bits per heavy atom. The lowest BCUT2D eigenvalue weighted by atomic mass is 10.1. The van der Waals surface area contributed by atoms with Crippen LogP contribution in [0.2, 0.25) is 0 Å². The maximum atomic E-state index is 5.01. The molecule has 0 aliphatic heterocycles. The van der Waals surface area contributed by atoms with E-state index in [-0.39, 0.29) is 12.4 Å². The van der Waals surface area contributed by atoms with Crippen molar-refractivity contribution in [2.24, 2.45) is 0 Å². The lowest BCUT2D eigenvalue weighted by Crippen LogP contribution is -2.28. The maximum absolute atomic E-state index is 5.01. The summed E-state index contributed by atoms with van der Waals surface area (Å²) >= 11 is 0. The van der Waals surface area contributed by atoms with Crippen LogP contribution in [0, 0.1) is 0 Å². The predicted molar refractivity (Wildman–Crippen MR) is 76.0 cm³/mol. The molecule has 0 heterocycles. The van der Waals surface area contributed by atoms with Gasteiger partial charge in [0.2, 0.25) is 0 Å².